The van der Waals surface area contributed by atoms with Gasteiger partial charge >= 0.3 is 11.7 Å². The van der Waals surface area contributed by atoms with Gasteiger partial charge < -0.3 is 49.6 Å². The minimum Gasteiger partial charge on any atom is -0.497 e. The number of rotatable bonds is 18. The van der Waals surface area contributed by atoms with Crippen molar-refractivity contribution >= 4 is 28.5 Å². The predicted molar refractivity (Wildman–Crippen MR) is 236 cm³/mol. The van der Waals surface area contributed by atoms with E-state index >= 15 is 0 Å². The van der Waals surface area contributed by atoms with Crippen molar-refractivity contribution in [2.45, 2.75) is 173 Å². The average molecular weight is 880 g/mol. The number of methoxy groups -OCH3 is 1. The number of aliphatic hydroxyl groups is 2. The molecule has 1 saturated heterocycles. The van der Waals surface area contributed by atoms with Crippen molar-refractivity contribution in [1.29, 1.82) is 0 Å². The number of hydrogen-bond donors (Lipinski definition) is 5. The van der Waals surface area contributed by atoms with Crippen molar-refractivity contribution in [2.75, 3.05) is 20.2 Å². The first-order valence-corrected chi connectivity index (χ1v) is 26.6. The van der Waals surface area contributed by atoms with Crippen LogP contribution in [-0.2, 0) is 34.5 Å². The second kappa shape index (κ2) is 19.9. The van der Waals surface area contributed by atoms with E-state index in [1.54, 1.807) is 52.1 Å². The van der Waals surface area contributed by atoms with Crippen molar-refractivity contribution in [3.63, 3.8) is 0 Å². The lowest BCUT2D eigenvalue weighted by atomic mass is 9.99. The Kier molecular flexibility index (Phi) is 16.9. The van der Waals surface area contributed by atoms with E-state index < -0.39 is 94.2 Å². The second-order valence-electron chi connectivity index (χ2n) is 19.8. The number of aromatic nitrogens is 2. The smallest absolute Gasteiger partial charge is 0.333 e. The van der Waals surface area contributed by atoms with E-state index in [1.165, 1.54) is 23.8 Å². The fraction of sp³-hybridized carbons (Fsp3) is 0.714. The molecule has 2 unspecified atom stereocenters. The van der Waals surface area contributed by atoms with E-state index in [0.29, 0.717) is 17.7 Å². The SMILES string of the molecule is COc1ccc(Cn2c(=O)ccn([C@@H]3OC([C@H](O)[C@H](NCCCNC(=O)[C@@H](N)C(C)O)C(=O)OC(C)(C)C)[C@@H](O[Si](C)(C)C(C)(C)C)[C@H]3O[Si](C)(C)C(C)(C)C)c2=O)cc1. The Morgan fingerprint density at radius 3 is 1.93 bits per heavy atom. The second-order valence-corrected chi connectivity index (χ2v) is 29.3. The van der Waals surface area contributed by atoms with Gasteiger partial charge in [0.2, 0.25) is 5.91 Å². The van der Waals surface area contributed by atoms with E-state index in [9.17, 15) is 29.4 Å². The van der Waals surface area contributed by atoms with Gasteiger partial charge in [-0.05, 0) is 94.6 Å². The molecule has 0 spiro atoms. The minimum absolute atomic E-state index is 0.0328. The molecule has 0 bridgehead atoms. The van der Waals surface area contributed by atoms with Crippen LogP contribution < -0.4 is 32.4 Å². The molecule has 16 nitrogen and oxygen atoms in total. The molecule has 1 aromatic heterocycles. The number of amides is 1. The summed E-state index contributed by atoms with van der Waals surface area (Å²) in [5.74, 6) is -0.647. The summed E-state index contributed by atoms with van der Waals surface area (Å²) in [6.07, 6.45) is -5.36. The van der Waals surface area contributed by atoms with Gasteiger partial charge in [-0.3, -0.25) is 23.5 Å². The molecule has 6 N–H and O–H groups in total. The van der Waals surface area contributed by atoms with Crippen molar-refractivity contribution in [1.82, 2.24) is 19.8 Å². The highest BCUT2D eigenvalue weighted by atomic mass is 28.4. The van der Waals surface area contributed by atoms with Gasteiger partial charge in [0.1, 0.15) is 47.9 Å². The molecular weight excluding hydrogens is 807 g/mol. The molecule has 2 heterocycles. The van der Waals surface area contributed by atoms with E-state index in [0.717, 1.165) is 4.57 Å². The van der Waals surface area contributed by atoms with Crippen LogP contribution in [0, 0.1) is 0 Å². The number of carbonyl (C=O) groups excluding carboxylic acids is 2. The summed E-state index contributed by atoms with van der Waals surface area (Å²) in [5, 5.41) is 27.4. The average Bonchev–Trinajstić information content (AvgIpc) is 3.44. The number of esters is 1. The summed E-state index contributed by atoms with van der Waals surface area (Å²) in [6, 6.07) is 5.88. The highest BCUT2D eigenvalue weighted by molar-refractivity contribution is 6.74. The summed E-state index contributed by atoms with van der Waals surface area (Å²) in [7, 11) is -3.88. The van der Waals surface area contributed by atoms with Crippen molar-refractivity contribution in [2.24, 2.45) is 5.73 Å². The first-order chi connectivity index (χ1) is 27.4. The molecule has 340 valence electrons. The zero-order valence-electron chi connectivity index (χ0n) is 38.5. The van der Waals surface area contributed by atoms with Gasteiger partial charge in [0.15, 0.2) is 22.9 Å². The number of hydrogen-bond acceptors (Lipinski definition) is 13. The number of nitrogens with zero attached hydrogens (tertiary/aromatic N) is 2. The molecule has 0 saturated carbocycles. The largest absolute Gasteiger partial charge is 0.497 e. The first-order valence-electron chi connectivity index (χ1n) is 20.7. The third-order valence-corrected chi connectivity index (χ3v) is 20.7. The highest BCUT2D eigenvalue weighted by Gasteiger charge is 2.57. The number of ether oxygens (including phenoxy) is 3. The minimum atomic E-state index is -2.72. The third kappa shape index (κ3) is 12.9. The number of benzene rings is 1. The number of nitrogens with one attached hydrogen (secondary N) is 2. The van der Waals surface area contributed by atoms with Crippen LogP contribution in [0.4, 0.5) is 0 Å². The van der Waals surface area contributed by atoms with E-state index in [4.69, 9.17) is 28.8 Å². The molecule has 8 atom stereocenters. The van der Waals surface area contributed by atoms with Crippen LogP contribution in [-0.4, -0.2) is 116 Å². The molecule has 0 aliphatic carbocycles. The van der Waals surface area contributed by atoms with Crippen LogP contribution >= 0.6 is 0 Å². The molecule has 1 aliphatic heterocycles. The number of aliphatic hydroxyl groups excluding tert-OH is 2. The lowest BCUT2D eigenvalue weighted by Gasteiger charge is -2.44. The number of nitrogens with two attached hydrogens (primary N) is 1. The van der Waals surface area contributed by atoms with Crippen molar-refractivity contribution in [3.8, 4) is 5.75 Å². The Bertz CT molecular complexity index is 1860. The van der Waals surface area contributed by atoms with Crippen LogP contribution in [0.5, 0.6) is 5.75 Å². The Hall–Kier alpha value is -3.21. The van der Waals surface area contributed by atoms with Gasteiger partial charge in [0, 0.05) is 18.8 Å². The Labute approximate surface area is 357 Å². The summed E-state index contributed by atoms with van der Waals surface area (Å²) in [4.78, 5) is 54.2. The first kappa shape index (κ1) is 51.1. The Balaban J connectivity index is 2.20. The van der Waals surface area contributed by atoms with Gasteiger partial charge in [0.25, 0.3) is 5.56 Å². The van der Waals surface area contributed by atoms with Crippen LogP contribution in [0.15, 0.2) is 46.1 Å². The summed E-state index contributed by atoms with van der Waals surface area (Å²) in [6.45, 7) is 27.6. The molecule has 18 heteroatoms. The summed E-state index contributed by atoms with van der Waals surface area (Å²) < 4.78 is 34.7. The molecule has 1 amide bonds. The molecule has 1 aromatic carbocycles. The van der Waals surface area contributed by atoms with E-state index in [1.807, 2.05) is 0 Å². The quantitative estimate of drug-likeness (QED) is 0.0824. The maximum Gasteiger partial charge on any atom is 0.333 e. The Morgan fingerprint density at radius 1 is 0.883 bits per heavy atom. The van der Waals surface area contributed by atoms with Gasteiger partial charge in [-0.25, -0.2) is 4.79 Å². The lowest BCUT2D eigenvalue weighted by molar-refractivity contribution is -0.166. The fourth-order valence-corrected chi connectivity index (χ4v) is 8.62. The van der Waals surface area contributed by atoms with Gasteiger partial charge in [-0.15, -0.1) is 0 Å². The van der Waals surface area contributed by atoms with Crippen LogP contribution in [0.1, 0.15) is 87.4 Å². The molecule has 2 aromatic rings. The van der Waals surface area contributed by atoms with Crippen LogP contribution in [0.2, 0.25) is 36.3 Å². The molecule has 60 heavy (non-hydrogen) atoms. The maximum atomic E-state index is 14.5. The number of carbonyl (C=O) groups is 2. The third-order valence-electron chi connectivity index (χ3n) is 11.7. The van der Waals surface area contributed by atoms with Gasteiger partial charge in [-0.2, -0.15) is 0 Å². The van der Waals surface area contributed by atoms with Gasteiger partial charge in [-0.1, -0.05) is 53.7 Å². The van der Waals surface area contributed by atoms with Crippen molar-refractivity contribution < 1.29 is 42.9 Å². The summed E-state index contributed by atoms with van der Waals surface area (Å²) in [5.41, 5.74) is 4.36. The normalized spacial score (nSPS) is 21.2. The molecule has 3 rings (SSSR count). The maximum absolute atomic E-state index is 14.5. The fourth-order valence-electron chi connectivity index (χ4n) is 6.03. The van der Waals surface area contributed by atoms with Crippen LogP contribution in [0.25, 0.3) is 0 Å². The highest BCUT2D eigenvalue weighted by Crippen LogP contribution is 2.46. The molecule has 1 aliphatic rings. The summed E-state index contributed by atoms with van der Waals surface area (Å²) >= 11 is 0. The van der Waals surface area contributed by atoms with E-state index in [-0.39, 0.29) is 29.7 Å². The predicted octanol–water partition coefficient (Wildman–Crippen LogP) is 3.62. The monoisotopic (exact) mass is 879 g/mol. The lowest BCUT2D eigenvalue weighted by Crippen LogP contribution is -2.59. The molecule has 1 fully saturated rings. The van der Waals surface area contributed by atoms with Crippen molar-refractivity contribution in [3.05, 3.63) is 62.9 Å². The van der Waals surface area contributed by atoms with E-state index in [2.05, 4.69) is 78.4 Å². The standard InChI is InChI=1S/C42H73N5O11Si2/c1-26(48)30(43)36(51)45-23-16-22-44-31(38(52)56-40(2,3)4)32(50)33-34(57-59(12,13)41(5,6)7)35(58-60(14,15)42(8,9)10)37(55-33)46-24-21-29(49)47(39(46)53)25-27-17-19-28(54-11)20-18-27/h17-21,24,26,30-35,37,44,48,50H,16,22-23,25,43H2,1-15H3,(H,45,51)/t26?,30-,31-,32+,33?,34+,35+,37+/m0/s1. The Morgan fingerprint density at radius 2 is 1.43 bits per heavy atom. The van der Waals surface area contributed by atoms with Gasteiger partial charge in [0.05, 0.1) is 19.8 Å². The van der Waals surface area contributed by atoms with Crippen LogP contribution in [0.3, 0.4) is 0 Å². The molecule has 0 radical (unpaired) electrons. The topological polar surface area (TPSA) is 215 Å². The zero-order chi connectivity index (χ0) is 45.8. The molecular formula is C42H73N5O11Si2. The zero-order valence-corrected chi connectivity index (χ0v) is 40.5.